The molecular formula is C44H36FN3O5S2. The lowest BCUT2D eigenvalue weighted by Gasteiger charge is -2.18. The van der Waals surface area contributed by atoms with Gasteiger partial charge in [0, 0.05) is 27.1 Å². The number of esters is 1. The second-order valence-electron chi connectivity index (χ2n) is 12.2. The lowest BCUT2D eigenvalue weighted by Crippen LogP contribution is -2.30. The van der Waals surface area contributed by atoms with Crippen LogP contribution in [0.4, 0.5) is 15.1 Å². The fraction of sp³-hybridized carbons (Fsp3) is 0.0909. The average Bonchev–Trinajstić information content (AvgIpc) is 3.62. The van der Waals surface area contributed by atoms with Gasteiger partial charge in [0.1, 0.15) is 27.3 Å². The summed E-state index contributed by atoms with van der Waals surface area (Å²) in [4.78, 5) is 54.9. The number of anilines is 2. The zero-order chi connectivity index (χ0) is 38.7. The van der Waals surface area contributed by atoms with Crippen LogP contribution in [0.15, 0.2) is 149 Å². The molecule has 6 rings (SSSR count). The molecule has 0 aliphatic heterocycles. The molecule has 11 heteroatoms. The van der Waals surface area contributed by atoms with Crippen LogP contribution in [-0.4, -0.2) is 30.3 Å². The van der Waals surface area contributed by atoms with Crippen molar-refractivity contribution in [1.29, 1.82) is 0 Å². The van der Waals surface area contributed by atoms with Crippen molar-refractivity contribution in [2.24, 2.45) is 0 Å². The number of aryl methyl sites for hydroxylation is 1. The Labute approximate surface area is 326 Å². The number of hydrogen-bond acceptors (Lipinski definition) is 7. The van der Waals surface area contributed by atoms with Crippen molar-refractivity contribution >= 4 is 63.6 Å². The van der Waals surface area contributed by atoms with Crippen LogP contribution in [-0.2, 0) is 14.3 Å². The van der Waals surface area contributed by atoms with E-state index in [9.17, 15) is 23.6 Å². The number of ether oxygens (including phenoxy) is 1. The summed E-state index contributed by atoms with van der Waals surface area (Å²) in [6.45, 7) is 3.89. The standard InChI is InChI=1S/C44H36FN3O5S2/c1-3-53-44(52)38-36(30-21-17-28(2)18-22-30)27-54-43(38)48-42(51)39(31-11-6-4-7-12-31)55-35-16-10-15-34(26-35)46-41(50)37(25-29-19-23-33(45)24-20-29)47-40(49)32-13-8-5-9-14-32/h4-27,39H,3H2,1-2H3,(H,46,50)(H,47,49)(H,48,51)/b37-25-. The first-order valence-electron chi connectivity index (χ1n) is 17.3. The fourth-order valence-corrected chi connectivity index (χ4v) is 7.57. The van der Waals surface area contributed by atoms with Crippen molar-refractivity contribution in [1.82, 2.24) is 5.32 Å². The lowest BCUT2D eigenvalue weighted by atomic mass is 10.0. The third kappa shape index (κ3) is 10.0. The molecule has 3 amide bonds. The normalized spacial score (nSPS) is 11.7. The first-order chi connectivity index (χ1) is 26.7. The maximum atomic E-state index is 14.2. The summed E-state index contributed by atoms with van der Waals surface area (Å²) in [7, 11) is 0. The molecule has 1 unspecified atom stereocenters. The highest BCUT2D eigenvalue weighted by atomic mass is 32.2. The largest absolute Gasteiger partial charge is 0.462 e. The van der Waals surface area contributed by atoms with E-state index in [4.69, 9.17) is 4.74 Å². The van der Waals surface area contributed by atoms with Crippen molar-refractivity contribution in [3.05, 3.63) is 178 Å². The molecule has 1 heterocycles. The van der Waals surface area contributed by atoms with Crippen LogP contribution in [0.1, 0.15) is 49.6 Å². The Hall–Kier alpha value is -6.30. The quantitative estimate of drug-likeness (QED) is 0.0613. The molecule has 1 aromatic heterocycles. The van der Waals surface area contributed by atoms with Gasteiger partial charge in [0.15, 0.2) is 0 Å². The van der Waals surface area contributed by atoms with Crippen LogP contribution in [0.5, 0.6) is 0 Å². The predicted octanol–water partition coefficient (Wildman–Crippen LogP) is 9.92. The van der Waals surface area contributed by atoms with Crippen LogP contribution in [0, 0.1) is 12.7 Å². The molecule has 0 aliphatic rings. The average molecular weight is 770 g/mol. The van der Waals surface area contributed by atoms with Crippen LogP contribution in [0.2, 0.25) is 0 Å². The number of carbonyl (C=O) groups excluding carboxylic acids is 4. The van der Waals surface area contributed by atoms with Crippen molar-refractivity contribution in [3.63, 3.8) is 0 Å². The Balaban J connectivity index is 1.25. The second-order valence-corrected chi connectivity index (χ2v) is 14.3. The zero-order valence-electron chi connectivity index (χ0n) is 29.9. The predicted molar refractivity (Wildman–Crippen MR) is 217 cm³/mol. The first kappa shape index (κ1) is 38.4. The van der Waals surface area contributed by atoms with Crippen molar-refractivity contribution in [2.75, 3.05) is 17.2 Å². The Kier molecular flexibility index (Phi) is 12.7. The van der Waals surface area contributed by atoms with Gasteiger partial charge in [-0.05, 0) is 79.1 Å². The van der Waals surface area contributed by atoms with Crippen LogP contribution in [0.3, 0.4) is 0 Å². The van der Waals surface area contributed by atoms with Gasteiger partial charge >= 0.3 is 5.97 Å². The SMILES string of the molecule is CCOC(=O)c1c(-c2ccc(C)cc2)csc1NC(=O)C(Sc1cccc(NC(=O)/C(=C/c2ccc(F)cc2)NC(=O)c2ccccc2)c1)c1ccccc1. The molecule has 6 aromatic rings. The summed E-state index contributed by atoms with van der Waals surface area (Å²) < 4.78 is 19.0. The van der Waals surface area contributed by atoms with E-state index in [1.165, 1.54) is 53.4 Å². The van der Waals surface area contributed by atoms with Gasteiger partial charge in [-0.3, -0.25) is 14.4 Å². The van der Waals surface area contributed by atoms with Gasteiger partial charge in [-0.15, -0.1) is 23.1 Å². The highest BCUT2D eigenvalue weighted by Gasteiger charge is 2.28. The van der Waals surface area contributed by atoms with Gasteiger partial charge in [0.25, 0.3) is 11.8 Å². The van der Waals surface area contributed by atoms with E-state index in [0.717, 1.165) is 16.7 Å². The second kappa shape index (κ2) is 18.2. The van der Waals surface area contributed by atoms with Gasteiger partial charge in [-0.25, -0.2) is 9.18 Å². The number of rotatable bonds is 13. The number of hydrogen-bond donors (Lipinski definition) is 3. The minimum absolute atomic E-state index is 0.0570. The number of thiophene rings is 1. The molecule has 1 atom stereocenters. The molecular weight excluding hydrogens is 734 g/mol. The first-order valence-corrected chi connectivity index (χ1v) is 19.1. The third-order valence-corrected chi connectivity index (χ3v) is 10.4. The number of benzene rings is 5. The fourth-order valence-electron chi connectivity index (χ4n) is 5.53. The molecule has 55 heavy (non-hydrogen) atoms. The number of amides is 3. The van der Waals surface area contributed by atoms with Crippen molar-refractivity contribution in [3.8, 4) is 11.1 Å². The highest BCUT2D eigenvalue weighted by Crippen LogP contribution is 2.40. The van der Waals surface area contributed by atoms with Gasteiger partial charge in [-0.2, -0.15) is 0 Å². The number of thioether (sulfide) groups is 1. The molecule has 5 aromatic carbocycles. The highest BCUT2D eigenvalue weighted by molar-refractivity contribution is 8.00. The van der Waals surface area contributed by atoms with E-state index < -0.39 is 28.9 Å². The molecule has 0 aliphatic carbocycles. The van der Waals surface area contributed by atoms with E-state index in [2.05, 4.69) is 16.0 Å². The Morgan fingerprint density at radius 1 is 0.818 bits per heavy atom. The van der Waals surface area contributed by atoms with Gasteiger partial charge < -0.3 is 20.7 Å². The van der Waals surface area contributed by atoms with Crippen LogP contribution < -0.4 is 16.0 Å². The van der Waals surface area contributed by atoms with E-state index in [1.807, 2.05) is 73.0 Å². The van der Waals surface area contributed by atoms with Gasteiger partial charge in [0.05, 0.1) is 6.61 Å². The molecule has 0 saturated heterocycles. The van der Waals surface area contributed by atoms with E-state index >= 15 is 0 Å². The smallest absolute Gasteiger partial charge is 0.341 e. The molecule has 276 valence electrons. The van der Waals surface area contributed by atoms with Crippen molar-refractivity contribution in [2.45, 2.75) is 24.0 Å². The Bertz CT molecular complexity index is 2330. The van der Waals surface area contributed by atoms with Gasteiger partial charge in [-0.1, -0.05) is 96.6 Å². The number of carbonyl (C=O) groups is 4. The summed E-state index contributed by atoms with van der Waals surface area (Å²) in [5.74, 6) is -2.43. The van der Waals surface area contributed by atoms with E-state index in [0.29, 0.717) is 32.3 Å². The maximum Gasteiger partial charge on any atom is 0.341 e. The summed E-state index contributed by atoms with van der Waals surface area (Å²) in [6, 6.07) is 38.0. The minimum Gasteiger partial charge on any atom is -0.462 e. The summed E-state index contributed by atoms with van der Waals surface area (Å²) in [5.41, 5.74) is 4.79. The molecule has 8 nitrogen and oxygen atoms in total. The van der Waals surface area contributed by atoms with E-state index in [1.54, 1.807) is 55.5 Å². The topological polar surface area (TPSA) is 114 Å². The zero-order valence-corrected chi connectivity index (χ0v) is 31.5. The third-order valence-electron chi connectivity index (χ3n) is 8.27. The number of halogens is 1. The Morgan fingerprint density at radius 2 is 1.51 bits per heavy atom. The lowest BCUT2D eigenvalue weighted by molar-refractivity contribution is -0.116. The van der Waals surface area contributed by atoms with Crippen molar-refractivity contribution < 1.29 is 28.3 Å². The molecule has 0 saturated carbocycles. The minimum atomic E-state index is -0.758. The van der Waals surface area contributed by atoms with Gasteiger partial charge in [0.2, 0.25) is 5.91 Å². The number of nitrogens with one attached hydrogen (secondary N) is 3. The Morgan fingerprint density at radius 3 is 2.20 bits per heavy atom. The summed E-state index contributed by atoms with van der Waals surface area (Å²) in [6.07, 6.45) is 1.46. The molecule has 0 fully saturated rings. The summed E-state index contributed by atoms with van der Waals surface area (Å²) >= 11 is 2.51. The monoisotopic (exact) mass is 769 g/mol. The molecule has 0 radical (unpaired) electrons. The maximum absolute atomic E-state index is 14.2. The molecule has 0 bridgehead atoms. The summed E-state index contributed by atoms with van der Waals surface area (Å²) in [5, 5.41) is 9.99. The van der Waals surface area contributed by atoms with Crippen LogP contribution >= 0.6 is 23.1 Å². The van der Waals surface area contributed by atoms with E-state index in [-0.39, 0.29) is 23.8 Å². The molecule has 0 spiro atoms. The molecule has 3 N–H and O–H groups in total. The van der Waals surface area contributed by atoms with Crippen LogP contribution in [0.25, 0.3) is 17.2 Å².